The average Bonchev–Trinajstić information content (AvgIpc) is 3.38. The lowest BCUT2D eigenvalue weighted by molar-refractivity contribution is -0.142. The Hall–Kier alpha value is -3.23. The number of rotatable bonds is 15. The van der Waals surface area contributed by atoms with Gasteiger partial charge < -0.3 is 36.9 Å². The topological polar surface area (TPSA) is 200 Å². The van der Waals surface area contributed by atoms with E-state index < -0.39 is 47.9 Å². The highest BCUT2D eigenvalue weighted by molar-refractivity contribution is 7.98. The monoisotopic (exact) mass is 552 g/mol. The number of aromatic hydroxyl groups is 1. The maximum Gasteiger partial charge on any atom is 0.326 e. The predicted molar refractivity (Wildman–Crippen MR) is 142 cm³/mol. The number of aromatic amines is 1. The largest absolute Gasteiger partial charge is 0.508 e. The van der Waals surface area contributed by atoms with Gasteiger partial charge in [-0.1, -0.05) is 12.1 Å². The second kappa shape index (κ2) is 15.1. The van der Waals surface area contributed by atoms with Crippen molar-refractivity contribution in [1.29, 1.82) is 0 Å². The molecule has 0 bridgehead atoms. The van der Waals surface area contributed by atoms with Crippen LogP contribution in [0.1, 0.15) is 17.7 Å². The van der Waals surface area contributed by atoms with Gasteiger partial charge in [0, 0.05) is 24.1 Å². The molecule has 0 aliphatic heterocycles. The molecule has 4 atom stereocenters. The number of carbonyl (C=O) groups is 4. The normalized spacial score (nSPS) is 14.1. The first-order valence-corrected chi connectivity index (χ1v) is 13.4. The number of thiol groups is 1. The predicted octanol–water partition coefficient (Wildman–Crippen LogP) is -0.550. The molecule has 0 spiro atoms. The molecule has 8 N–H and O–H groups in total. The maximum atomic E-state index is 13.0. The number of aromatic nitrogens is 2. The summed E-state index contributed by atoms with van der Waals surface area (Å²) in [6, 6.07) is 1.96. The lowest BCUT2D eigenvalue weighted by Crippen LogP contribution is -2.58. The number of amides is 3. The van der Waals surface area contributed by atoms with Gasteiger partial charge in [-0.3, -0.25) is 14.4 Å². The third kappa shape index (κ3) is 9.98. The standard InChI is InChI=1S/C23H32N6O6S2/c1-37-7-6-17(27-20(31)16(24)8-13-2-4-15(30)5-3-13)21(32)29-19(11-36)22(33)28-18(23(34)35)9-14-10-25-12-26-14/h2-5,10,12,16-19,30,36H,6-9,11,24H2,1H3,(H,25,26)(H,27,31)(H,28,33)(H,29,32)(H,34,35). The van der Waals surface area contributed by atoms with Gasteiger partial charge in [-0.25, -0.2) is 9.78 Å². The number of phenols is 1. The van der Waals surface area contributed by atoms with Gasteiger partial charge in [0.2, 0.25) is 17.7 Å². The first-order chi connectivity index (χ1) is 17.6. The molecule has 12 nitrogen and oxygen atoms in total. The van der Waals surface area contributed by atoms with E-state index >= 15 is 0 Å². The number of imidazole rings is 1. The molecular formula is C23H32N6O6S2. The molecule has 1 aromatic heterocycles. The fourth-order valence-electron chi connectivity index (χ4n) is 3.32. The number of phenolic OH excluding ortho intramolecular Hbond substituents is 1. The van der Waals surface area contributed by atoms with Crippen LogP contribution in [0.2, 0.25) is 0 Å². The molecule has 0 aliphatic carbocycles. The van der Waals surface area contributed by atoms with E-state index in [1.54, 1.807) is 12.1 Å². The zero-order valence-electron chi connectivity index (χ0n) is 20.2. The number of H-pyrrole nitrogens is 1. The zero-order chi connectivity index (χ0) is 27.4. The number of carboxylic acid groups (broad SMARTS) is 1. The van der Waals surface area contributed by atoms with E-state index in [1.165, 1.54) is 36.4 Å². The highest BCUT2D eigenvalue weighted by Crippen LogP contribution is 2.11. The van der Waals surface area contributed by atoms with Gasteiger partial charge in [0.25, 0.3) is 0 Å². The summed E-state index contributed by atoms with van der Waals surface area (Å²) in [6.07, 6.45) is 5.14. The van der Waals surface area contributed by atoms with Crippen LogP contribution in [-0.2, 0) is 32.0 Å². The fourth-order valence-corrected chi connectivity index (χ4v) is 4.05. The molecule has 0 aliphatic rings. The minimum atomic E-state index is -1.25. The SMILES string of the molecule is CSCCC(NC(=O)C(N)Cc1ccc(O)cc1)C(=O)NC(CS)C(=O)NC(Cc1cnc[nH]1)C(=O)O. The van der Waals surface area contributed by atoms with E-state index in [0.717, 1.165) is 5.56 Å². The summed E-state index contributed by atoms with van der Waals surface area (Å²) < 4.78 is 0. The van der Waals surface area contributed by atoms with Crippen molar-refractivity contribution in [3.8, 4) is 5.75 Å². The quantitative estimate of drug-likeness (QED) is 0.134. The van der Waals surface area contributed by atoms with Crippen LogP contribution >= 0.6 is 24.4 Å². The van der Waals surface area contributed by atoms with E-state index in [1.807, 2.05) is 6.26 Å². The van der Waals surface area contributed by atoms with E-state index in [4.69, 9.17) is 5.73 Å². The smallest absolute Gasteiger partial charge is 0.326 e. The van der Waals surface area contributed by atoms with Crippen molar-refractivity contribution in [3.63, 3.8) is 0 Å². The van der Waals surface area contributed by atoms with Crippen LogP contribution in [0.25, 0.3) is 0 Å². The molecular weight excluding hydrogens is 520 g/mol. The highest BCUT2D eigenvalue weighted by atomic mass is 32.2. The highest BCUT2D eigenvalue weighted by Gasteiger charge is 2.30. The van der Waals surface area contributed by atoms with Gasteiger partial charge in [-0.2, -0.15) is 24.4 Å². The minimum Gasteiger partial charge on any atom is -0.508 e. The summed E-state index contributed by atoms with van der Waals surface area (Å²) in [7, 11) is 0. The Morgan fingerprint density at radius 1 is 1.03 bits per heavy atom. The summed E-state index contributed by atoms with van der Waals surface area (Å²) in [4.78, 5) is 56.7. The van der Waals surface area contributed by atoms with Crippen LogP contribution in [0, 0.1) is 0 Å². The van der Waals surface area contributed by atoms with Gasteiger partial charge in [0.05, 0.1) is 12.4 Å². The van der Waals surface area contributed by atoms with Crippen LogP contribution in [0.4, 0.5) is 0 Å². The van der Waals surface area contributed by atoms with Gasteiger partial charge in [0.1, 0.15) is 23.9 Å². The molecule has 0 saturated heterocycles. The Morgan fingerprint density at radius 2 is 1.65 bits per heavy atom. The molecule has 4 unspecified atom stereocenters. The first kappa shape index (κ1) is 30.0. The summed E-state index contributed by atoms with van der Waals surface area (Å²) in [5.74, 6) is -2.60. The molecule has 37 heavy (non-hydrogen) atoms. The Bertz CT molecular complexity index is 1040. The number of carboxylic acids is 1. The Morgan fingerprint density at radius 3 is 2.22 bits per heavy atom. The van der Waals surface area contributed by atoms with Crippen molar-refractivity contribution in [2.75, 3.05) is 17.8 Å². The van der Waals surface area contributed by atoms with Crippen LogP contribution in [0.3, 0.4) is 0 Å². The minimum absolute atomic E-state index is 0.0281. The van der Waals surface area contributed by atoms with Crippen LogP contribution in [0.5, 0.6) is 5.75 Å². The number of hydrogen-bond donors (Lipinski definition) is 8. The number of carbonyl (C=O) groups excluding carboxylic acids is 3. The number of nitrogens with one attached hydrogen (secondary N) is 4. The molecule has 1 aromatic carbocycles. The molecule has 1 heterocycles. The maximum absolute atomic E-state index is 13.0. The molecule has 0 radical (unpaired) electrons. The average molecular weight is 553 g/mol. The number of nitrogens with zero attached hydrogens (tertiary/aromatic N) is 1. The number of benzene rings is 1. The molecule has 0 saturated carbocycles. The van der Waals surface area contributed by atoms with Crippen molar-refractivity contribution >= 4 is 48.1 Å². The lowest BCUT2D eigenvalue weighted by Gasteiger charge is -2.24. The van der Waals surface area contributed by atoms with Crippen molar-refractivity contribution < 1.29 is 29.4 Å². The fraction of sp³-hybridized carbons (Fsp3) is 0.435. The van der Waals surface area contributed by atoms with Crippen LogP contribution in [0.15, 0.2) is 36.8 Å². The summed E-state index contributed by atoms with van der Waals surface area (Å²) >= 11 is 5.61. The number of thioether (sulfide) groups is 1. The van der Waals surface area contributed by atoms with E-state index in [2.05, 4.69) is 38.5 Å². The van der Waals surface area contributed by atoms with Gasteiger partial charge >= 0.3 is 5.97 Å². The number of aliphatic carboxylic acids is 1. The molecule has 14 heteroatoms. The van der Waals surface area contributed by atoms with E-state index in [-0.39, 0.29) is 30.8 Å². The van der Waals surface area contributed by atoms with Crippen LogP contribution < -0.4 is 21.7 Å². The third-order valence-electron chi connectivity index (χ3n) is 5.38. The van der Waals surface area contributed by atoms with Crippen molar-refractivity contribution in [1.82, 2.24) is 25.9 Å². The Kier molecular flexibility index (Phi) is 12.3. The van der Waals surface area contributed by atoms with Gasteiger partial charge in [-0.05, 0) is 42.5 Å². The molecule has 2 aromatic rings. The summed E-state index contributed by atoms with van der Waals surface area (Å²) in [6.45, 7) is 0. The zero-order valence-corrected chi connectivity index (χ0v) is 21.9. The molecule has 0 fully saturated rings. The Balaban J connectivity index is 2.01. The summed E-state index contributed by atoms with van der Waals surface area (Å²) in [5.41, 5.74) is 7.28. The van der Waals surface area contributed by atoms with Crippen molar-refractivity contribution in [2.45, 2.75) is 43.4 Å². The first-order valence-electron chi connectivity index (χ1n) is 11.4. The second-order valence-electron chi connectivity index (χ2n) is 8.24. The molecule has 202 valence electrons. The van der Waals surface area contributed by atoms with Gasteiger partial charge in [0.15, 0.2) is 0 Å². The van der Waals surface area contributed by atoms with Gasteiger partial charge in [-0.15, -0.1) is 0 Å². The summed E-state index contributed by atoms with van der Waals surface area (Å²) in [5, 5.41) is 26.5. The van der Waals surface area contributed by atoms with E-state index in [9.17, 15) is 29.4 Å². The lowest BCUT2D eigenvalue weighted by atomic mass is 10.0. The Labute approximate surface area is 224 Å². The number of nitrogens with two attached hydrogens (primary N) is 1. The second-order valence-corrected chi connectivity index (χ2v) is 9.59. The van der Waals surface area contributed by atoms with Crippen LogP contribution in [-0.4, -0.2) is 85.8 Å². The molecule has 3 amide bonds. The van der Waals surface area contributed by atoms with E-state index in [0.29, 0.717) is 11.4 Å². The van der Waals surface area contributed by atoms with Crippen molar-refractivity contribution in [2.24, 2.45) is 5.73 Å². The third-order valence-corrected chi connectivity index (χ3v) is 6.39. The number of hydrogen-bond acceptors (Lipinski definition) is 9. The van der Waals surface area contributed by atoms with Crippen molar-refractivity contribution in [3.05, 3.63) is 48.0 Å². The molecule has 2 rings (SSSR count).